The molecule has 6 nitrogen and oxygen atoms in total. The summed E-state index contributed by atoms with van der Waals surface area (Å²) in [6, 6.07) is 6.59. The molecule has 1 aromatic carbocycles. The number of carboxylic acid groups (broad SMARTS) is 1. The largest absolute Gasteiger partial charge is 0.497 e. The van der Waals surface area contributed by atoms with Crippen molar-refractivity contribution in [2.45, 2.75) is 31.6 Å². The van der Waals surface area contributed by atoms with E-state index in [0.717, 1.165) is 24.2 Å². The van der Waals surface area contributed by atoms with Gasteiger partial charge in [0.1, 0.15) is 11.8 Å². The molecule has 1 amide bonds. The number of unbranched alkanes of at least 4 members (excludes halogenated alkanes) is 1. The highest BCUT2D eigenvalue weighted by atomic mass is 32.2. The van der Waals surface area contributed by atoms with Gasteiger partial charge in [0.05, 0.1) is 13.7 Å². The average Bonchev–Trinajstić information content (AvgIpc) is 2.54. The predicted octanol–water partition coefficient (Wildman–Crippen LogP) is 2.91. The number of aliphatic carboxylic acids is 1. The van der Waals surface area contributed by atoms with Crippen LogP contribution in [0.3, 0.4) is 0 Å². The van der Waals surface area contributed by atoms with Crippen molar-refractivity contribution in [3.05, 3.63) is 29.8 Å². The minimum absolute atomic E-state index is 0.268. The van der Waals surface area contributed by atoms with Crippen LogP contribution in [-0.2, 0) is 15.3 Å². The molecule has 0 unspecified atom stereocenters. The second kappa shape index (κ2) is 10.8. The molecule has 0 bridgehead atoms. The van der Waals surface area contributed by atoms with Crippen LogP contribution in [0.2, 0.25) is 0 Å². The van der Waals surface area contributed by atoms with Crippen molar-refractivity contribution in [1.82, 2.24) is 5.32 Å². The number of hydrogen-bond donors (Lipinski definition) is 2. The maximum Gasteiger partial charge on any atom is 0.407 e. The number of carboxylic acids is 1. The van der Waals surface area contributed by atoms with Gasteiger partial charge in [-0.3, -0.25) is 0 Å². The van der Waals surface area contributed by atoms with E-state index in [4.69, 9.17) is 14.6 Å². The molecule has 0 aromatic heterocycles. The number of hydrogen-bond acceptors (Lipinski definition) is 5. The van der Waals surface area contributed by atoms with Crippen molar-refractivity contribution in [1.29, 1.82) is 0 Å². The van der Waals surface area contributed by atoms with Gasteiger partial charge >= 0.3 is 12.1 Å². The van der Waals surface area contributed by atoms with E-state index >= 15 is 0 Å². The lowest BCUT2D eigenvalue weighted by molar-refractivity contribution is -0.138. The van der Waals surface area contributed by atoms with Crippen LogP contribution >= 0.6 is 11.8 Å². The van der Waals surface area contributed by atoms with Crippen LogP contribution in [0.5, 0.6) is 5.75 Å². The first-order chi connectivity index (χ1) is 11.1. The number of thioether (sulfide) groups is 1. The monoisotopic (exact) mass is 341 g/mol. The minimum atomic E-state index is -1.07. The summed E-state index contributed by atoms with van der Waals surface area (Å²) >= 11 is 1.43. The topological polar surface area (TPSA) is 84.9 Å². The van der Waals surface area contributed by atoms with Crippen LogP contribution in [0.1, 0.15) is 25.3 Å². The fourth-order valence-corrected chi connectivity index (χ4v) is 2.69. The van der Waals surface area contributed by atoms with E-state index in [1.165, 1.54) is 11.8 Å². The number of ether oxygens (including phenoxy) is 2. The number of carbonyl (C=O) groups excluding carboxylic acids is 1. The van der Waals surface area contributed by atoms with Crippen molar-refractivity contribution in [2.75, 3.05) is 19.5 Å². The molecule has 0 saturated carbocycles. The quantitative estimate of drug-likeness (QED) is 0.637. The highest BCUT2D eigenvalue weighted by molar-refractivity contribution is 7.98. The van der Waals surface area contributed by atoms with Crippen LogP contribution in [-0.4, -0.2) is 42.7 Å². The van der Waals surface area contributed by atoms with Crippen LogP contribution < -0.4 is 10.1 Å². The summed E-state index contributed by atoms with van der Waals surface area (Å²) in [5, 5.41) is 11.5. The fraction of sp³-hybridized carbons (Fsp3) is 0.500. The van der Waals surface area contributed by atoms with E-state index in [1.807, 2.05) is 31.2 Å². The number of carbonyl (C=O) groups is 2. The molecule has 1 aromatic rings. The first kappa shape index (κ1) is 19.2. The first-order valence-electron chi connectivity index (χ1n) is 7.43. The summed E-state index contributed by atoms with van der Waals surface area (Å²) in [6.07, 6.45) is 0.987. The number of nitrogens with one attached hydrogen (secondary N) is 1. The third-order valence-electron chi connectivity index (χ3n) is 3.03. The molecular weight excluding hydrogens is 318 g/mol. The molecule has 0 spiro atoms. The van der Waals surface area contributed by atoms with Crippen molar-refractivity contribution in [2.24, 2.45) is 0 Å². The van der Waals surface area contributed by atoms with Gasteiger partial charge in [0.2, 0.25) is 0 Å². The van der Waals surface area contributed by atoms with Gasteiger partial charge in [-0.1, -0.05) is 25.5 Å². The number of rotatable bonds is 10. The number of amides is 1. The highest BCUT2D eigenvalue weighted by Crippen LogP contribution is 2.17. The molecule has 23 heavy (non-hydrogen) atoms. The van der Waals surface area contributed by atoms with Crippen molar-refractivity contribution in [3.63, 3.8) is 0 Å². The molecule has 2 N–H and O–H groups in total. The third kappa shape index (κ3) is 7.78. The maximum absolute atomic E-state index is 11.5. The Hall–Kier alpha value is -1.89. The van der Waals surface area contributed by atoms with Gasteiger partial charge in [-0.2, -0.15) is 11.8 Å². The molecule has 0 aliphatic heterocycles. The Kier molecular flexibility index (Phi) is 8.97. The van der Waals surface area contributed by atoms with Crippen molar-refractivity contribution >= 4 is 23.8 Å². The van der Waals surface area contributed by atoms with Crippen LogP contribution in [0, 0.1) is 0 Å². The zero-order valence-electron chi connectivity index (χ0n) is 13.4. The van der Waals surface area contributed by atoms with E-state index in [9.17, 15) is 9.59 Å². The second-order valence-corrected chi connectivity index (χ2v) is 5.92. The maximum atomic E-state index is 11.5. The van der Waals surface area contributed by atoms with Crippen LogP contribution in [0.15, 0.2) is 24.3 Å². The highest BCUT2D eigenvalue weighted by Gasteiger charge is 2.20. The zero-order valence-corrected chi connectivity index (χ0v) is 14.2. The molecule has 128 valence electrons. The second-order valence-electron chi connectivity index (χ2n) is 4.89. The van der Waals surface area contributed by atoms with Crippen molar-refractivity contribution < 1.29 is 24.2 Å². The molecule has 0 saturated heterocycles. The third-order valence-corrected chi connectivity index (χ3v) is 4.14. The van der Waals surface area contributed by atoms with Crippen molar-refractivity contribution in [3.8, 4) is 5.75 Å². The lowest BCUT2D eigenvalue weighted by Crippen LogP contribution is -2.43. The summed E-state index contributed by atoms with van der Waals surface area (Å²) in [5.41, 5.74) is 1.06. The Balaban J connectivity index is 2.37. The molecule has 0 heterocycles. The zero-order chi connectivity index (χ0) is 17.1. The van der Waals surface area contributed by atoms with E-state index in [2.05, 4.69) is 5.32 Å². The standard InChI is InChI=1S/C16H23NO5S/c1-3-4-9-22-16(20)17-14(15(18)19)11-23-10-12-5-7-13(21-2)8-6-12/h5-8,14H,3-4,9-11H2,1-2H3,(H,17,20)(H,18,19)/t14-/m0/s1. The normalized spacial score (nSPS) is 11.6. The van der Waals surface area contributed by atoms with Gasteiger partial charge in [0.25, 0.3) is 0 Å². The summed E-state index contributed by atoms with van der Waals surface area (Å²) in [7, 11) is 1.60. The van der Waals surface area contributed by atoms with E-state index in [-0.39, 0.29) is 5.75 Å². The summed E-state index contributed by atoms with van der Waals surface area (Å²) < 4.78 is 10.00. The molecule has 7 heteroatoms. The van der Waals surface area contributed by atoms with Gasteiger partial charge in [0.15, 0.2) is 0 Å². The lowest BCUT2D eigenvalue weighted by atomic mass is 10.2. The smallest absolute Gasteiger partial charge is 0.407 e. The Labute approximate surface area is 140 Å². The van der Waals surface area contributed by atoms with Gasteiger partial charge < -0.3 is 19.9 Å². The summed E-state index contributed by atoms with van der Waals surface area (Å²) in [4.78, 5) is 22.7. The molecule has 0 aliphatic carbocycles. The SMILES string of the molecule is CCCCOC(=O)N[C@@H](CSCc1ccc(OC)cc1)C(=O)O. The molecular formula is C16H23NO5S. The van der Waals surface area contributed by atoms with E-state index < -0.39 is 18.1 Å². The van der Waals surface area contributed by atoms with Crippen LogP contribution in [0.25, 0.3) is 0 Å². The molecule has 0 radical (unpaired) electrons. The summed E-state index contributed by atoms with van der Waals surface area (Å²) in [5.74, 6) is 0.628. The number of benzene rings is 1. The Morgan fingerprint density at radius 1 is 1.30 bits per heavy atom. The average molecular weight is 341 g/mol. The van der Waals surface area contributed by atoms with E-state index in [1.54, 1.807) is 7.11 Å². The van der Waals surface area contributed by atoms with Gasteiger partial charge in [0, 0.05) is 11.5 Å². The Morgan fingerprint density at radius 2 is 2.00 bits per heavy atom. The number of methoxy groups -OCH3 is 1. The first-order valence-corrected chi connectivity index (χ1v) is 8.59. The van der Waals surface area contributed by atoms with Gasteiger partial charge in [-0.05, 0) is 24.1 Å². The van der Waals surface area contributed by atoms with E-state index in [0.29, 0.717) is 12.4 Å². The number of alkyl carbamates (subject to hydrolysis) is 1. The predicted molar refractivity (Wildman–Crippen MR) is 90.0 cm³/mol. The lowest BCUT2D eigenvalue weighted by Gasteiger charge is -2.14. The minimum Gasteiger partial charge on any atom is -0.497 e. The Bertz CT molecular complexity index is 492. The summed E-state index contributed by atoms with van der Waals surface area (Å²) in [6.45, 7) is 2.28. The van der Waals surface area contributed by atoms with Crippen LogP contribution in [0.4, 0.5) is 4.79 Å². The molecule has 1 rings (SSSR count). The molecule has 1 atom stereocenters. The molecule has 0 fully saturated rings. The molecule has 0 aliphatic rings. The fourth-order valence-electron chi connectivity index (χ4n) is 1.68. The van der Waals surface area contributed by atoms with Gasteiger partial charge in [-0.25, -0.2) is 9.59 Å². The Morgan fingerprint density at radius 3 is 2.57 bits per heavy atom. The van der Waals surface area contributed by atoms with Gasteiger partial charge in [-0.15, -0.1) is 0 Å².